The van der Waals surface area contributed by atoms with Gasteiger partial charge in [0.05, 0.1) is 19.1 Å². The van der Waals surface area contributed by atoms with Crippen molar-refractivity contribution in [2.75, 3.05) is 13.7 Å². The van der Waals surface area contributed by atoms with E-state index in [1.165, 1.54) is 17.6 Å². The number of aromatic nitrogens is 3. The lowest BCUT2D eigenvalue weighted by molar-refractivity contribution is 0.0523. The van der Waals surface area contributed by atoms with Crippen molar-refractivity contribution in [2.24, 2.45) is 10.9 Å². The van der Waals surface area contributed by atoms with Gasteiger partial charge in [0.1, 0.15) is 22.6 Å². The number of carbonyl (C=O) groups is 2. The number of methoxy groups -OCH3 is 1. The molecule has 3 heterocycles. The van der Waals surface area contributed by atoms with Crippen LogP contribution in [-0.4, -0.2) is 39.5 Å². The second kappa shape index (κ2) is 9.92. The quantitative estimate of drug-likeness (QED) is 0.314. The lowest BCUT2D eigenvalue weighted by Gasteiger charge is -2.16. The molecule has 35 heavy (non-hydrogen) atoms. The molecule has 0 radical (unpaired) electrons. The molecule has 9 nitrogen and oxygen atoms in total. The topological polar surface area (TPSA) is 104 Å². The highest BCUT2D eigenvalue weighted by Crippen LogP contribution is 2.15. The summed E-state index contributed by atoms with van der Waals surface area (Å²) in [5.74, 6) is -0.644. The predicted molar refractivity (Wildman–Crippen MR) is 131 cm³/mol. The van der Waals surface area contributed by atoms with Crippen LogP contribution in [0.4, 0.5) is 0 Å². The van der Waals surface area contributed by atoms with Crippen molar-refractivity contribution in [3.8, 4) is 5.75 Å². The molecule has 4 aromatic rings. The van der Waals surface area contributed by atoms with Gasteiger partial charge in [-0.05, 0) is 49.2 Å². The van der Waals surface area contributed by atoms with Gasteiger partial charge in [0.2, 0.25) is 0 Å². The van der Waals surface area contributed by atoms with Gasteiger partial charge in [0, 0.05) is 18.3 Å². The maximum atomic E-state index is 13.3. The van der Waals surface area contributed by atoms with Crippen molar-refractivity contribution >= 4 is 28.6 Å². The summed E-state index contributed by atoms with van der Waals surface area (Å²) >= 11 is 0. The molecule has 0 bridgehead atoms. The number of hydrogen-bond donors (Lipinski definition) is 0. The van der Waals surface area contributed by atoms with Crippen LogP contribution < -0.4 is 15.8 Å². The van der Waals surface area contributed by atoms with Gasteiger partial charge in [-0.2, -0.15) is 4.99 Å². The first-order chi connectivity index (χ1) is 16.8. The van der Waals surface area contributed by atoms with E-state index in [4.69, 9.17) is 9.47 Å². The molecule has 0 aliphatic heterocycles. The molecule has 0 N–H and O–H groups in total. The summed E-state index contributed by atoms with van der Waals surface area (Å²) in [6.45, 7) is 6.14. The fourth-order valence-electron chi connectivity index (χ4n) is 3.81. The van der Waals surface area contributed by atoms with E-state index >= 15 is 0 Å². The fraction of sp³-hybridized carbons (Fsp3) is 0.269. The monoisotopic (exact) mass is 474 g/mol. The number of fused-ring (bicyclic) bond motifs is 2. The van der Waals surface area contributed by atoms with E-state index < -0.39 is 11.9 Å². The van der Waals surface area contributed by atoms with E-state index in [2.05, 4.69) is 9.98 Å². The van der Waals surface area contributed by atoms with Crippen LogP contribution >= 0.6 is 0 Å². The Balaban J connectivity index is 2.11. The summed E-state index contributed by atoms with van der Waals surface area (Å²) in [4.78, 5) is 48.5. The molecule has 0 aliphatic carbocycles. The molecule has 0 aliphatic rings. The molecule has 0 saturated carbocycles. The van der Waals surface area contributed by atoms with Crippen LogP contribution in [0.1, 0.15) is 41.5 Å². The minimum absolute atomic E-state index is 0.0195. The first-order valence-corrected chi connectivity index (χ1v) is 11.3. The van der Waals surface area contributed by atoms with Gasteiger partial charge in [0.15, 0.2) is 5.49 Å². The SMILES string of the molecule is CCOC(=O)c1cc2c(=O)n3ccccc3nc2n(CC(C)C)c1=NC(=O)c1cccc(OC)c1. The Labute approximate surface area is 201 Å². The summed E-state index contributed by atoms with van der Waals surface area (Å²) in [6, 6.07) is 13.2. The van der Waals surface area contributed by atoms with Gasteiger partial charge >= 0.3 is 5.97 Å². The summed E-state index contributed by atoms with van der Waals surface area (Å²) < 4.78 is 13.5. The van der Waals surface area contributed by atoms with Crippen molar-refractivity contribution in [2.45, 2.75) is 27.3 Å². The fourth-order valence-corrected chi connectivity index (χ4v) is 3.81. The average Bonchev–Trinajstić information content (AvgIpc) is 2.85. The maximum absolute atomic E-state index is 13.3. The molecule has 180 valence electrons. The molecule has 1 amide bonds. The third kappa shape index (κ3) is 4.70. The molecule has 0 saturated heterocycles. The standard InChI is InChI=1S/C26H26N4O5/c1-5-35-26(33)20-14-19-22(27-21-11-6-7-12-29(21)25(19)32)30(15-16(2)3)23(20)28-24(31)17-9-8-10-18(13-17)34-4/h6-14,16H,5,15H2,1-4H3. The molecule has 3 aromatic heterocycles. The molecule has 9 heteroatoms. The number of hydrogen-bond acceptors (Lipinski definition) is 6. The van der Waals surface area contributed by atoms with E-state index in [-0.39, 0.29) is 34.5 Å². The van der Waals surface area contributed by atoms with Crippen molar-refractivity contribution in [3.63, 3.8) is 0 Å². The Kier molecular flexibility index (Phi) is 6.77. The van der Waals surface area contributed by atoms with E-state index in [0.717, 1.165) is 0 Å². The minimum atomic E-state index is -0.679. The Morgan fingerprint density at radius 1 is 1.11 bits per heavy atom. The van der Waals surface area contributed by atoms with Crippen molar-refractivity contribution in [1.29, 1.82) is 0 Å². The smallest absolute Gasteiger partial charge is 0.341 e. The number of nitrogens with zero attached hydrogens (tertiary/aromatic N) is 4. The highest BCUT2D eigenvalue weighted by atomic mass is 16.5. The molecular formula is C26H26N4O5. The van der Waals surface area contributed by atoms with E-state index in [1.807, 2.05) is 13.8 Å². The number of ether oxygens (including phenoxy) is 2. The first-order valence-electron chi connectivity index (χ1n) is 11.3. The Bertz CT molecular complexity index is 1570. The molecule has 1 aromatic carbocycles. The van der Waals surface area contributed by atoms with Crippen LogP contribution in [0.3, 0.4) is 0 Å². The zero-order valence-electron chi connectivity index (χ0n) is 20.0. The van der Waals surface area contributed by atoms with Crippen LogP contribution in [0.5, 0.6) is 5.75 Å². The van der Waals surface area contributed by atoms with Gasteiger partial charge in [-0.3, -0.25) is 14.0 Å². The molecular weight excluding hydrogens is 448 g/mol. The van der Waals surface area contributed by atoms with E-state index in [9.17, 15) is 14.4 Å². The summed E-state index contributed by atoms with van der Waals surface area (Å²) in [7, 11) is 1.51. The number of carbonyl (C=O) groups excluding carboxylic acids is 2. The predicted octanol–water partition coefficient (Wildman–Crippen LogP) is 3.23. The number of amides is 1. The van der Waals surface area contributed by atoms with E-state index in [1.54, 1.807) is 60.2 Å². The number of esters is 1. The van der Waals surface area contributed by atoms with Gasteiger partial charge < -0.3 is 14.0 Å². The van der Waals surface area contributed by atoms with Crippen LogP contribution in [0.15, 0.2) is 64.5 Å². The third-order valence-electron chi connectivity index (χ3n) is 5.36. The van der Waals surface area contributed by atoms with Crippen LogP contribution in [-0.2, 0) is 11.3 Å². The van der Waals surface area contributed by atoms with Crippen LogP contribution in [0.25, 0.3) is 16.7 Å². The van der Waals surface area contributed by atoms with Gasteiger partial charge in [0.25, 0.3) is 11.5 Å². The van der Waals surface area contributed by atoms with Crippen molar-refractivity contribution in [1.82, 2.24) is 14.0 Å². The second-order valence-corrected chi connectivity index (χ2v) is 8.34. The van der Waals surface area contributed by atoms with Crippen molar-refractivity contribution < 1.29 is 19.1 Å². The third-order valence-corrected chi connectivity index (χ3v) is 5.36. The molecule has 4 rings (SSSR count). The van der Waals surface area contributed by atoms with Gasteiger partial charge in [-0.15, -0.1) is 0 Å². The largest absolute Gasteiger partial charge is 0.497 e. The zero-order chi connectivity index (χ0) is 25.1. The highest BCUT2D eigenvalue weighted by Gasteiger charge is 2.21. The zero-order valence-corrected chi connectivity index (χ0v) is 20.0. The van der Waals surface area contributed by atoms with E-state index in [0.29, 0.717) is 29.2 Å². The molecule has 0 atom stereocenters. The Morgan fingerprint density at radius 2 is 1.91 bits per heavy atom. The second-order valence-electron chi connectivity index (χ2n) is 8.34. The average molecular weight is 475 g/mol. The van der Waals surface area contributed by atoms with Gasteiger partial charge in [-0.1, -0.05) is 26.0 Å². The van der Waals surface area contributed by atoms with Crippen LogP contribution in [0, 0.1) is 5.92 Å². The van der Waals surface area contributed by atoms with Crippen molar-refractivity contribution in [3.05, 3.63) is 81.7 Å². The summed E-state index contributed by atoms with van der Waals surface area (Å²) in [6.07, 6.45) is 1.62. The maximum Gasteiger partial charge on any atom is 0.341 e. The highest BCUT2D eigenvalue weighted by molar-refractivity contribution is 5.97. The molecule has 0 spiro atoms. The number of benzene rings is 1. The minimum Gasteiger partial charge on any atom is -0.497 e. The normalized spacial score (nSPS) is 11.9. The summed E-state index contributed by atoms with van der Waals surface area (Å²) in [5.41, 5.74) is 0.841. The van der Waals surface area contributed by atoms with Gasteiger partial charge in [-0.25, -0.2) is 9.78 Å². The molecule has 0 unspecified atom stereocenters. The Hall–Kier alpha value is -4.27. The summed E-state index contributed by atoms with van der Waals surface area (Å²) in [5, 5.41) is 0.227. The Morgan fingerprint density at radius 3 is 2.63 bits per heavy atom. The first kappa shape index (κ1) is 23.9. The lowest BCUT2D eigenvalue weighted by atomic mass is 10.1. The lowest BCUT2D eigenvalue weighted by Crippen LogP contribution is -2.33. The number of rotatable bonds is 6. The molecule has 0 fully saturated rings. The number of pyridine rings is 2. The van der Waals surface area contributed by atoms with Crippen LogP contribution in [0.2, 0.25) is 0 Å².